The summed E-state index contributed by atoms with van der Waals surface area (Å²) in [7, 11) is 0. The van der Waals surface area contributed by atoms with Crippen LogP contribution in [0.1, 0.15) is 19.8 Å². The minimum absolute atomic E-state index is 0.392. The molecule has 0 saturated carbocycles. The number of aliphatic hydroxyl groups excluding tert-OH is 4. The fourth-order valence-corrected chi connectivity index (χ4v) is 1.79. The zero-order chi connectivity index (χ0) is 12.1. The Morgan fingerprint density at radius 2 is 1.88 bits per heavy atom. The van der Waals surface area contributed by atoms with Gasteiger partial charge >= 0.3 is 0 Å². The Bertz CT molecular complexity index is 204. The van der Waals surface area contributed by atoms with Crippen molar-refractivity contribution in [3.05, 3.63) is 0 Å². The van der Waals surface area contributed by atoms with E-state index in [-0.39, 0.29) is 0 Å². The van der Waals surface area contributed by atoms with Gasteiger partial charge in [0.25, 0.3) is 0 Å². The summed E-state index contributed by atoms with van der Waals surface area (Å²) >= 11 is 0. The van der Waals surface area contributed by atoms with E-state index in [1.807, 2.05) is 6.92 Å². The summed E-state index contributed by atoms with van der Waals surface area (Å²) in [5, 5.41) is 40.7. The van der Waals surface area contributed by atoms with Crippen LogP contribution in [0.2, 0.25) is 0 Å². The molecular formula is C10H21NO5. The van der Waals surface area contributed by atoms with Crippen molar-refractivity contribution in [2.75, 3.05) is 13.2 Å². The predicted octanol–water partition coefficient (Wildman–Crippen LogP) is -1.82. The molecule has 1 rings (SSSR count). The van der Waals surface area contributed by atoms with Gasteiger partial charge in [0, 0.05) is 0 Å². The van der Waals surface area contributed by atoms with E-state index in [2.05, 4.69) is 5.32 Å². The van der Waals surface area contributed by atoms with Gasteiger partial charge in [-0.2, -0.15) is 0 Å². The minimum Gasteiger partial charge on any atom is -0.394 e. The maximum absolute atomic E-state index is 9.80. The van der Waals surface area contributed by atoms with Crippen LogP contribution in [0.5, 0.6) is 0 Å². The molecule has 0 amide bonds. The number of aliphatic hydroxyl groups is 4. The molecule has 5 atom stereocenters. The van der Waals surface area contributed by atoms with Crippen LogP contribution in [-0.4, -0.2) is 64.2 Å². The quantitative estimate of drug-likeness (QED) is 0.359. The number of ether oxygens (including phenoxy) is 1. The SMILES string of the molecule is CCCCN[C@H]1[C@H](O)[C@@H](O)O[C@H](CO)[C@H]1O. The molecule has 0 unspecified atom stereocenters. The Morgan fingerprint density at radius 1 is 1.19 bits per heavy atom. The zero-order valence-corrected chi connectivity index (χ0v) is 9.41. The highest BCUT2D eigenvalue weighted by molar-refractivity contribution is 4.93. The molecule has 16 heavy (non-hydrogen) atoms. The fourth-order valence-electron chi connectivity index (χ4n) is 1.79. The molecule has 0 aromatic heterocycles. The van der Waals surface area contributed by atoms with Gasteiger partial charge in [-0.1, -0.05) is 13.3 Å². The first-order valence-electron chi connectivity index (χ1n) is 5.65. The molecule has 0 aromatic carbocycles. The van der Waals surface area contributed by atoms with Crippen LogP contribution in [0, 0.1) is 0 Å². The summed E-state index contributed by atoms with van der Waals surface area (Å²) in [6, 6.07) is -0.674. The van der Waals surface area contributed by atoms with E-state index in [9.17, 15) is 15.3 Å². The van der Waals surface area contributed by atoms with Crippen molar-refractivity contribution in [1.82, 2.24) is 5.32 Å². The van der Waals surface area contributed by atoms with Crippen molar-refractivity contribution in [2.24, 2.45) is 0 Å². The van der Waals surface area contributed by atoms with Crippen molar-refractivity contribution in [2.45, 2.75) is 50.4 Å². The summed E-state index contributed by atoms with van der Waals surface area (Å²) in [5.41, 5.74) is 0. The molecule has 0 radical (unpaired) electrons. The third-order valence-corrected chi connectivity index (χ3v) is 2.81. The van der Waals surface area contributed by atoms with Crippen LogP contribution in [0.15, 0.2) is 0 Å². The molecule has 1 heterocycles. The fraction of sp³-hybridized carbons (Fsp3) is 1.00. The van der Waals surface area contributed by atoms with Gasteiger partial charge in [0.05, 0.1) is 12.6 Å². The molecule has 0 aromatic rings. The Morgan fingerprint density at radius 3 is 2.44 bits per heavy atom. The van der Waals surface area contributed by atoms with Gasteiger partial charge in [0.2, 0.25) is 0 Å². The maximum Gasteiger partial charge on any atom is 0.183 e. The van der Waals surface area contributed by atoms with Gasteiger partial charge in [-0.05, 0) is 13.0 Å². The lowest BCUT2D eigenvalue weighted by Gasteiger charge is -2.40. The van der Waals surface area contributed by atoms with E-state index in [1.165, 1.54) is 0 Å². The molecule has 1 aliphatic heterocycles. The molecule has 5 N–H and O–H groups in total. The van der Waals surface area contributed by atoms with Crippen molar-refractivity contribution in [3.63, 3.8) is 0 Å². The maximum atomic E-state index is 9.80. The molecular weight excluding hydrogens is 214 g/mol. The average molecular weight is 235 g/mol. The van der Waals surface area contributed by atoms with E-state index in [0.717, 1.165) is 12.8 Å². The van der Waals surface area contributed by atoms with Crippen molar-refractivity contribution < 1.29 is 25.2 Å². The number of unbranched alkanes of at least 4 members (excludes halogenated alkanes) is 1. The van der Waals surface area contributed by atoms with Gasteiger partial charge < -0.3 is 30.5 Å². The molecule has 6 heteroatoms. The minimum atomic E-state index is -1.38. The first-order chi connectivity index (χ1) is 7.61. The summed E-state index contributed by atoms with van der Waals surface area (Å²) in [5.74, 6) is 0. The molecule has 1 fully saturated rings. The van der Waals surface area contributed by atoms with E-state index in [0.29, 0.717) is 6.54 Å². The Kier molecular flexibility index (Phi) is 5.60. The molecule has 1 aliphatic rings. The van der Waals surface area contributed by atoms with Crippen LogP contribution in [-0.2, 0) is 4.74 Å². The van der Waals surface area contributed by atoms with Gasteiger partial charge in [0.15, 0.2) is 6.29 Å². The molecule has 6 nitrogen and oxygen atoms in total. The smallest absolute Gasteiger partial charge is 0.183 e. The topological polar surface area (TPSA) is 102 Å². The predicted molar refractivity (Wildman–Crippen MR) is 56.7 cm³/mol. The van der Waals surface area contributed by atoms with Gasteiger partial charge in [0.1, 0.15) is 18.3 Å². The first-order valence-corrected chi connectivity index (χ1v) is 5.65. The standard InChI is InChI=1S/C10H21NO5/c1-2-3-4-11-7-8(13)6(5-12)16-10(15)9(7)14/h6-15H,2-5H2,1H3/t6-,7-,8-,9+,10+/m1/s1. The van der Waals surface area contributed by atoms with E-state index < -0.39 is 37.3 Å². The Hall–Kier alpha value is -0.240. The van der Waals surface area contributed by atoms with Crippen molar-refractivity contribution in [3.8, 4) is 0 Å². The van der Waals surface area contributed by atoms with Crippen LogP contribution in [0.25, 0.3) is 0 Å². The summed E-state index contributed by atoms with van der Waals surface area (Å²) in [6.45, 7) is 2.28. The summed E-state index contributed by atoms with van der Waals surface area (Å²) < 4.78 is 4.86. The lowest BCUT2D eigenvalue weighted by atomic mass is 9.96. The third kappa shape index (κ3) is 3.13. The van der Waals surface area contributed by atoms with Crippen molar-refractivity contribution in [1.29, 1.82) is 0 Å². The lowest BCUT2D eigenvalue weighted by Crippen LogP contribution is -2.63. The second-order valence-corrected chi connectivity index (χ2v) is 4.06. The van der Waals surface area contributed by atoms with Crippen LogP contribution in [0.4, 0.5) is 0 Å². The van der Waals surface area contributed by atoms with Crippen molar-refractivity contribution >= 4 is 0 Å². The highest BCUT2D eigenvalue weighted by Crippen LogP contribution is 2.19. The van der Waals surface area contributed by atoms with Gasteiger partial charge in [-0.15, -0.1) is 0 Å². The van der Waals surface area contributed by atoms with Crippen LogP contribution >= 0.6 is 0 Å². The second kappa shape index (κ2) is 6.48. The normalized spacial score (nSPS) is 39.9. The van der Waals surface area contributed by atoms with Crippen LogP contribution < -0.4 is 5.32 Å². The summed E-state index contributed by atoms with van der Waals surface area (Å²) in [4.78, 5) is 0. The van der Waals surface area contributed by atoms with Crippen LogP contribution in [0.3, 0.4) is 0 Å². The molecule has 1 saturated heterocycles. The zero-order valence-electron chi connectivity index (χ0n) is 9.41. The number of hydrogen-bond donors (Lipinski definition) is 5. The number of nitrogens with one attached hydrogen (secondary N) is 1. The third-order valence-electron chi connectivity index (χ3n) is 2.81. The van der Waals surface area contributed by atoms with Gasteiger partial charge in [-0.3, -0.25) is 0 Å². The first kappa shape index (κ1) is 13.8. The van der Waals surface area contributed by atoms with E-state index in [1.54, 1.807) is 0 Å². The monoisotopic (exact) mass is 235 g/mol. The highest BCUT2D eigenvalue weighted by Gasteiger charge is 2.43. The number of hydrogen-bond acceptors (Lipinski definition) is 6. The summed E-state index contributed by atoms with van der Waals surface area (Å²) in [6.07, 6.45) is -2.54. The van der Waals surface area contributed by atoms with E-state index >= 15 is 0 Å². The molecule has 0 spiro atoms. The Labute approximate surface area is 94.9 Å². The molecule has 96 valence electrons. The lowest BCUT2D eigenvalue weighted by molar-refractivity contribution is -0.262. The second-order valence-electron chi connectivity index (χ2n) is 4.06. The van der Waals surface area contributed by atoms with Gasteiger partial charge in [-0.25, -0.2) is 0 Å². The highest BCUT2D eigenvalue weighted by atomic mass is 16.6. The number of rotatable bonds is 5. The Balaban J connectivity index is 2.55. The van der Waals surface area contributed by atoms with E-state index in [4.69, 9.17) is 9.84 Å². The largest absolute Gasteiger partial charge is 0.394 e. The molecule has 0 bridgehead atoms. The average Bonchev–Trinajstić information content (AvgIpc) is 2.28. The molecule has 0 aliphatic carbocycles.